The van der Waals surface area contributed by atoms with Crippen LogP contribution in [0.4, 0.5) is 0 Å². The summed E-state index contributed by atoms with van der Waals surface area (Å²) in [4.78, 5) is 20.7. The topological polar surface area (TPSA) is 54.9 Å². The van der Waals surface area contributed by atoms with Crippen molar-refractivity contribution >= 4 is 17.2 Å². The molecule has 0 fully saturated rings. The summed E-state index contributed by atoms with van der Waals surface area (Å²) >= 11 is 1.60. The van der Waals surface area contributed by atoms with Crippen molar-refractivity contribution in [2.45, 2.75) is 44.9 Å². The first kappa shape index (κ1) is 16.8. The summed E-state index contributed by atoms with van der Waals surface area (Å²) in [7, 11) is 0. The summed E-state index contributed by atoms with van der Waals surface area (Å²) in [6.07, 6.45) is 13.1. The van der Waals surface area contributed by atoms with Gasteiger partial charge >= 0.3 is 0 Å². The first-order chi connectivity index (χ1) is 11.8. The lowest BCUT2D eigenvalue weighted by Gasteiger charge is -2.12. The van der Waals surface area contributed by atoms with Crippen LogP contribution in [-0.2, 0) is 11.2 Å². The van der Waals surface area contributed by atoms with Crippen LogP contribution in [0.3, 0.4) is 0 Å². The van der Waals surface area contributed by atoms with Gasteiger partial charge in [0.2, 0.25) is 5.91 Å². The number of amides is 1. The van der Waals surface area contributed by atoms with E-state index in [1.807, 2.05) is 23.7 Å². The number of nitrogens with zero attached hydrogens (tertiary/aromatic N) is 2. The highest BCUT2D eigenvalue weighted by atomic mass is 32.1. The van der Waals surface area contributed by atoms with Gasteiger partial charge in [0.1, 0.15) is 0 Å². The van der Waals surface area contributed by atoms with E-state index < -0.39 is 0 Å². The molecular weight excluding hydrogens is 318 g/mol. The number of pyridine rings is 1. The zero-order valence-electron chi connectivity index (χ0n) is 13.8. The van der Waals surface area contributed by atoms with E-state index in [9.17, 15) is 4.79 Å². The van der Waals surface area contributed by atoms with Crippen molar-refractivity contribution in [3.63, 3.8) is 0 Å². The maximum absolute atomic E-state index is 12.0. The van der Waals surface area contributed by atoms with Gasteiger partial charge in [-0.05, 0) is 44.2 Å². The first-order valence-corrected chi connectivity index (χ1v) is 9.48. The van der Waals surface area contributed by atoms with Crippen LogP contribution in [-0.4, -0.2) is 22.4 Å². The van der Waals surface area contributed by atoms with E-state index in [2.05, 4.69) is 21.4 Å². The van der Waals surface area contributed by atoms with Crippen LogP contribution in [0.2, 0.25) is 0 Å². The second kappa shape index (κ2) is 8.73. The van der Waals surface area contributed by atoms with Gasteiger partial charge in [-0.15, -0.1) is 11.3 Å². The van der Waals surface area contributed by atoms with E-state index in [0.717, 1.165) is 29.2 Å². The molecule has 0 spiro atoms. The molecule has 3 rings (SSSR count). The number of allylic oxidation sites excluding steroid dienone is 1. The van der Waals surface area contributed by atoms with Gasteiger partial charge in [-0.25, -0.2) is 4.98 Å². The van der Waals surface area contributed by atoms with Crippen LogP contribution in [0.5, 0.6) is 0 Å². The van der Waals surface area contributed by atoms with Gasteiger partial charge in [0.25, 0.3) is 0 Å². The molecule has 126 valence electrons. The molecule has 2 aromatic rings. The molecule has 0 saturated carbocycles. The smallest absolute Gasteiger partial charge is 0.220 e. The Morgan fingerprint density at radius 2 is 2.25 bits per heavy atom. The Kier molecular flexibility index (Phi) is 6.13. The van der Waals surface area contributed by atoms with Gasteiger partial charge in [0.05, 0.1) is 10.7 Å². The molecule has 0 saturated heterocycles. The maximum atomic E-state index is 12.0. The molecular formula is C19H23N3OS. The van der Waals surface area contributed by atoms with E-state index in [0.29, 0.717) is 12.8 Å². The lowest BCUT2D eigenvalue weighted by Crippen LogP contribution is -2.25. The minimum atomic E-state index is 0.115. The predicted molar refractivity (Wildman–Crippen MR) is 97.8 cm³/mol. The van der Waals surface area contributed by atoms with Gasteiger partial charge in [-0.1, -0.05) is 11.6 Å². The quantitative estimate of drug-likeness (QED) is 0.770. The van der Waals surface area contributed by atoms with E-state index in [1.54, 1.807) is 17.5 Å². The average molecular weight is 341 g/mol. The van der Waals surface area contributed by atoms with E-state index >= 15 is 0 Å². The molecule has 0 atom stereocenters. The third-order valence-electron chi connectivity index (χ3n) is 4.23. The molecule has 1 N–H and O–H groups in total. The zero-order chi connectivity index (χ0) is 16.6. The van der Waals surface area contributed by atoms with Crippen molar-refractivity contribution in [1.29, 1.82) is 0 Å². The van der Waals surface area contributed by atoms with Crippen LogP contribution in [0.15, 0.2) is 41.6 Å². The largest absolute Gasteiger partial charge is 0.356 e. The van der Waals surface area contributed by atoms with Gasteiger partial charge < -0.3 is 5.32 Å². The fourth-order valence-electron chi connectivity index (χ4n) is 2.88. The van der Waals surface area contributed by atoms with Crippen molar-refractivity contribution in [1.82, 2.24) is 15.3 Å². The van der Waals surface area contributed by atoms with E-state index in [1.165, 1.54) is 31.3 Å². The molecule has 5 heteroatoms. The Balaban J connectivity index is 1.40. The number of aryl methyl sites for hydroxylation is 1. The zero-order valence-corrected chi connectivity index (χ0v) is 14.6. The Labute approximate surface area is 147 Å². The monoisotopic (exact) mass is 341 g/mol. The second-order valence-electron chi connectivity index (χ2n) is 6.08. The lowest BCUT2D eigenvalue weighted by atomic mass is 9.97. The van der Waals surface area contributed by atoms with Crippen LogP contribution in [0.25, 0.3) is 11.3 Å². The van der Waals surface area contributed by atoms with Crippen LogP contribution >= 0.6 is 11.3 Å². The summed E-state index contributed by atoms with van der Waals surface area (Å²) in [5.41, 5.74) is 3.46. The van der Waals surface area contributed by atoms with Gasteiger partial charge in [-0.2, -0.15) is 0 Å². The van der Waals surface area contributed by atoms with Gasteiger partial charge in [0.15, 0.2) is 0 Å². The summed E-state index contributed by atoms with van der Waals surface area (Å²) in [5, 5.41) is 6.05. The number of aromatic nitrogens is 2. The number of hydrogen-bond acceptors (Lipinski definition) is 4. The van der Waals surface area contributed by atoms with Crippen molar-refractivity contribution in [3.05, 3.63) is 46.6 Å². The standard InChI is InChI=1S/C19H23N3OS/c23-18(21-12-10-15-5-2-1-3-6-15)8-9-19-22-17(14-24-19)16-7-4-11-20-13-16/h4-5,7,11,13-14H,1-3,6,8-10,12H2,(H,21,23). The highest BCUT2D eigenvalue weighted by Crippen LogP contribution is 2.22. The predicted octanol–water partition coefficient (Wildman–Crippen LogP) is 4.14. The second-order valence-corrected chi connectivity index (χ2v) is 7.02. The normalized spacial score (nSPS) is 14.2. The van der Waals surface area contributed by atoms with Crippen LogP contribution < -0.4 is 5.32 Å². The molecule has 0 bridgehead atoms. The van der Waals surface area contributed by atoms with Crippen molar-refractivity contribution in [2.75, 3.05) is 6.54 Å². The number of carbonyl (C=O) groups excluding carboxylic acids is 1. The Bertz CT molecular complexity index is 694. The fraction of sp³-hybridized carbons (Fsp3) is 0.421. The van der Waals surface area contributed by atoms with Crippen LogP contribution in [0, 0.1) is 0 Å². The van der Waals surface area contributed by atoms with Crippen LogP contribution in [0.1, 0.15) is 43.5 Å². The SMILES string of the molecule is O=C(CCc1nc(-c2cccnc2)cs1)NCCC1=CCCCC1. The van der Waals surface area contributed by atoms with E-state index in [-0.39, 0.29) is 5.91 Å². The molecule has 0 aliphatic heterocycles. The minimum Gasteiger partial charge on any atom is -0.356 e. The summed E-state index contributed by atoms with van der Waals surface area (Å²) in [6, 6.07) is 3.90. The third kappa shape index (κ3) is 4.99. The molecule has 24 heavy (non-hydrogen) atoms. The average Bonchev–Trinajstić information content (AvgIpc) is 3.11. The van der Waals surface area contributed by atoms with Crippen molar-refractivity contribution in [2.24, 2.45) is 0 Å². The minimum absolute atomic E-state index is 0.115. The molecule has 0 unspecified atom stereocenters. The summed E-state index contributed by atoms with van der Waals surface area (Å²) < 4.78 is 0. The summed E-state index contributed by atoms with van der Waals surface area (Å²) in [6.45, 7) is 0.753. The number of nitrogens with one attached hydrogen (secondary N) is 1. The highest BCUT2D eigenvalue weighted by molar-refractivity contribution is 7.09. The van der Waals surface area contributed by atoms with Crippen molar-refractivity contribution < 1.29 is 4.79 Å². The Morgan fingerprint density at radius 1 is 1.29 bits per heavy atom. The molecule has 2 heterocycles. The van der Waals surface area contributed by atoms with Crippen molar-refractivity contribution in [3.8, 4) is 11.3 Å². The number of thiazole rings is 1. The molecule has 1 aliphatic carbocycles. The first-order valence-electron chi connectivity index (χ1n) is 8.60. The molecule has 1 amide bonds. The molecule has 2 aromatic heterocycles. The molecule has 4 nitrogen and oxygen atoms in total. The molecule has 0 aromatic carbocycles. The summed E-state index contributed by atoms with van der Waals surface area (Å²) in [5.74, 6) is 0.115. The fourth-order valence-corrected chi connectivity index (χ4v) is 3.68. The lowest BCUT2D eigenvalue weighted by molar-refractivity contribution is -0.121. The maximum Gasteiger partial charge on any atom is 0.220 e. The highest BCUT2D eigenvalue weighted by Gasteiger charge is 2.08. The molecule has 1 aliphatic rings. The van der Waals surface area contributed by atoms with Gasteiger partial charge in [-0.3, -0.25) is 9.78 Å². The molecule has 0 radical (unpaired) electrons. The Morgan fingerprint density at radius 3 is 3.04 bits per heavy atom. The number of hydrogen-bond donors (Lipinski definition) is 1. The third-order valence-corrected chi connectivity index (χ3v) is 5.14. The Hall–Kier alpha value is -2.01. The van der Waals surface area contributed by atoms with E-state index in [4.69, 9.17) is 0 Å². The number of rotatable bonds is 7. The van der Waals surface area contributed by atoms with Gasteiger partial charge in [0, 0.05) is 42.7 Å². The number of carbonyl (C=O) groups is 1.